The Bertz CT molecular complexity index is 1180. The topological polar surface area (TPSA) is 90.6 Å². The predicted molar refractivity (Wildman–Crippen MR) is 106 cm³/mol. The van der Waals surface area contributed by atoms with Gasteiger partial charge in [-0.15, -0.1) is 0 Å². The van der Waals surface area contributed by atoms with Crippen LogP contribution in [0.15, 0.2) is 35.4 Å². The molecule has 0 spiro atoms. The third kappa shape index (κ3) is 2.82. The van der Waals surface area contributed by atoms with E-state index in [1.165, 1.54) is 10.9 Å². The van der Waals surface area contributed by atoms with E-state index in [2.05, 4.69) is 22.0 Å². The molecule has 1 fully saturated rings. The standard InChI is InChI=1S/C21H20N6O/c1-25-14-24-18-17(12-23)20(26-9-5-2-6-10-26)27(19(18)21(25)28)13-16-8-4-3-7-15(16)11-22/h3-4,7-8,14H,2,5-6,9-10,13H2,1H3. The number of piperidine rings is 1. The molecule has 4 rings (SSSR count). The molecule has 2 aromatic heterocycles. The summed E-state index contributed by atoms with van der Waals surface area (Å²) in [6.07, 6.45) is 4.72. The molecule has 7 nitrogen and oxygen atoms in total. The summed E-state index contributed by atoms with van der Waals surface area (Å²) in [7, 11) is 1.65. The molecule has 28 heavy (non-hydrogen) atoms. The van der Waals surface area contributed by atoms with Gasteiger partial charge in [-0.1, -0.05) is 18.2 Å². The van der Waals surface area contributed by atoms with Crippen molar-refractivity contribution >= 4 is 16.9 Å². The summed E-state index contributed by atoms with van der Waals surface area (Å²) in [6, 6.07) is 11.9. The van der Waals surface area contributed by atoms with Gasteiger partial charge in [0.25, 0.3) is 5.56 Å². The molecule has 3 aromatic rings. The molecule has 0 bridgehead atoms. The number of aromatic nitrogens is 3. The third-order valence-corrected chi connectivity index (χ3v) is 5.33. The molecule has 0 N–H and O–H groups in total. The van der Waals surface area contributed by atoms with E-state index in [0.717, 1.165) is 43.7 Å². The second-order valence-electron chi connectivity index (χ2n) is 7.07. The molecule has 0 atom stereocenters. The minimum absolute atomic E-state index is 0.195. The summed E-state index contributed by atoms with van der Waals surface area (Å²) in [6.45, 7) is 2.02. The van der Waals surface area contributed by atoms with Crippen molar-refractivity contribution in [3.05, 3.63) is 57.6 Å². The van der Waals surface area contributed by atoms with Gasteiger partial charge in [0, 0.05) is 20.1 Å². The van der Waals surface area contributed by atoms with E-state index in [4.69, 9.17) is 0 Å². The SMILES string of the molecule is Cn1cnc2c(C#N)c(N3CCCCC3)n(Cc3ccccc3C#N)c2c1=O. The van der Waals surface area contributed by atoms with E-state index in [1.54, 1.807) is 13.1 Å². The van der Waals surface area contributed by atoms with Gasteiger partial charge in [-0.2, -0.15) is 10.5 Å². The molecule has 7 heteroatoms. The lowest BCUT2D eigenvalue weighted by molar-refractivity contribution is 0.565. The van der Waals surface area contributed by atoms with Crippen LogP contribution in [0.4, 0.5) is 5.82 Å². The van der Waals surface area contributed by atoms with Crippen molar-refractivity contribution in [1.29, 1.82) is 10.5 Å². The molecule has 1 saturated heterocycles. The molecule has 0 amide bonds. The quantitative estimate of drug-likeness (QED) is 0.705. The lowest BCUT2D eigenvalue weighted by Crippen LogP contribution is -2.32. The van der Waals surface area contributed by atoms with Gasteiger partial charge in [0.2, 0.25) is 0 Å². The summed E-state index contributed by atoms with van der Waals surface area (Å²) < 4.78 is 3.31. The fourth-order valence-electron chi connectivity index (χ4n) is 3.93. The predicted octanol–water partition coefficient (Wildman–Crippen LogP) is 2.52. The highest BCUT2D eigenvalue weighted by molar-refractivity contribution is 5.89. The van der Waals surface area contributed by atoms with Crippen LogP contribution in [0, 0.1) is 22.7 Å². The number of aryl methyl sites for hydroxylation is 1. The summed E-state index contributed by atoms with van der Waals surface area (Å²) >= 11 is 0. The van der Waals surface area contributed by atoms with Gasteiger partial charge in [0.1, 0.15) is 28.5 Å². The van der Waals surface area contributed by atoms with Crippen molar-refractivity contribution in [1.82, 2.24) is 14.1 Å². The monoisotopic (exact) mass is 372 g/mol. The van der Waals surface area contributed by atoms with E-state index < -0.39 is 0 Å². The average Bonchev–Trinajstić information content (AvgIpc) is 3.05. The first kappa shape index (κ1) is 17.8. The molecule has 1 aromatic carbocycles. The number of benzene rings is 1. The van der Waals surface area contributed by atoms with Crippen LogP contribution in [-0.4, -0.2) is 27.2 Å². The zero-order valence-corrected chi connectivity index (χ0v) is 15.7. The third-order valence-electron chi connectivity index (χ3n) is 5.33. The normalized spacial score (nSPS) is 14.0. The Morgan fingerprint density at radius 2 is 1.86 bits per heavy atom. The molecule has 0 radical (unpaired) electrons. The number of anilines is 1. The number of hydrogen-bond donors (Lipinski definition) is 0. The zero-order valence-electron chi connectivity index (χ0n) is 15.7. The fraction of sp³-hybridized carbons (Fsp3) is 0.333. The molecule has 1 aliphatic heterocycles. The van der Waals surface area contributed by atoms with Crippen LogP contribution in [0.3, 0.4) is 0 Å². The summed E-state index contributed by atoms with van der Waals surface area (Å²) in [5.41, 5.74) is 2.46. The van der Waals surface area contributed by atoms with Gasteiger partial charge in [0.05, 0.1) is 24.5 Å². The van der Waals surface area contributed by atoms with Crippen LogP contribution < -0.4 is 10.5 Å². The first-order valence-electron chi connectivity index (χ1n) is 9.36. The maximum atomic E-state index is 13.0. The van der Waals surface area contributed by atoms with E-state index in [1.807, 2.05) is 22.8 Å². The van der Waals surface area contributed by atoms with Crippen molar-refractivity contribution in [2.24, 2.45) is 7.05 Å². The molecule has 0 unspecified atom stereocenters. The number of nitriles is 2. The van der Waals surface area contributed by atoms with Crippen molar-refractivity contribution in [2.45, 2.75) is 25.8 Å². The van der Waals surface area contributed by atoms with E-state index >= 15 is 0 Å². The van der Waals surface area contributed by atoms with Gasteiger partial charge in [0.15, 0.2) is 0 Å². The second-order valence-corrected chi connectivity index (χ2v) is 7.07. The van der Waals surface area contributed by atoms with Crippen LogP contribution in [0.5, 0.6) is 0 Å². The number of hydrogen-bond acceptors (Lipinski definition) is 5. The Balaban J connectivity index is 2.02. The summed E-state index contributed by atoms with van der Waals surface area (Å²) in [4.78, 5) is 19.5. The summed E-state index contributed by atoms with van der Waals surface area (Å²) in [5.74, 6) is 0.737. The van der Waals surface area contributed by atoms with Crippen LogP contribution in [-0.2, 0) is 13.6 Å². The largest absolute Gasteiger partial charge is 0.357 e. The summed E-state index contributed by atoms with van der Waals surface area (Å²) in [5, 5.41) is 19.4. The highest BCUT2D eigenvalue weighted by atomic mass is 16.1. The molecular formula is C21H20N6O. The van der Waals surface area contributed by atoms with Crippen molar-refractivity contribution in [3.8, 4) is 12.1 Å². The van der Waals surface area contributed by atoms with Crippen molar-refractivity contribution in [3.63, 3.8) is 0 Å². The van der Waals surface area contributed by atoms with Crippen LogP contribution in [0.2, 0.25) is 0 Å². The molecule has 140 valence electrons. The Morgan fingerprint density at radius 1 is 1.11 bits per heavy atom. The highest BCUT2D eigenvalue weighted by Gasteiger charge is 2.26. The molecule has 1 aliphatic rings. The Hall–Kier alpha value is -3.58. The maximum absolute atomic E-state index is 13.0. The van der Waals surface area contributed by atoms with Gasteiger partial charge in [-0.3, -0.25) is 4.79 Å². The number of nitrogens with zero attached hydrogens (tertiary/aromatic N) is 6. The fourth-order valence-corrected chi connectivity index (χ4v) is 3.93. The lowest BCUT2D eigenvalue weighted by atomic mass is 10.1. The Labute approximate surface area is 162 Å². The van der Waals surface area contributed by atoms with Crippen LogP contribution in [0.25, 0.3) is 11.0 Å². The van der Waals surface area contributed by atoms with Crippen molar-refractivity contribution in [2.75, 3.05) is 18.0 Å². The second kappa shape index (κ2) is 7.21. The lowest BCUT2D eigenvalue weighted by Gasteiger charge is -2.30. The van der Waals surface area contributed by atoms with E-state index in [0.29, 0.717) is 28.7 Å². The van der Waals surface area contributed by atoms with Crippen LogP contribution in [0.1, 0.15) is 36.0 Å². The smallest absolute Gasteiger partial charge is 0.277 e. The maximum Gasteiger partial charge on any atom is 0.277 e. The first-order valence-corrected chi connectivity index (χ1v) is 9.36. The molecule has 0 saturated carbocycles. The van der Waals surface area contributed by atoms with Crippen molar-refractivity contribution < 1.29 is 0 Å². The Kier molecular flexibility index (Phi) is 4.58. The Morgan fingerprint density at radius 3 is 2.57 bits per heavy atom. The zero-order chi connectivity index (χ0) is 19.7. The number of rotatable bonds is 3. The molecule has 0 aliphatic carbocycles. The van der Waals surface area contributed by atoms with Gasteiger partial charge < -0.3 is 14.0 Å². The minimum Gasteiger partial charge on any atom is -0.357 e. The van der Waals surface area contributed by atoms with E-state index in [-0.39, 0.29) is 5.56 Å². The van der Waals surface area contributed by atoms with Gasteiger partial charge >= 0.3 is 0 Å². The first-order chi connectivity index (χ1) is 13.7. The molecular weight excluding hydrogens is 352 g/mol. The number of fused-ring (bicyclic) bond motifs is 1. The van der Waals surface area contributed by atoms with Crippen LogP contribution >= 0.6 is 0 Å². The van der Waals surface area contributed by atoms with Gasteiger partial charge in [-0.05, 0) is 30.9 Å². The highest BCUT2D eigenvalue weighted by Crippen LogP contribution is 2.32. The van der Waals surface area contributed by atoms with E-state index in [9.17, 15) is 15.3 Å². The molecule has 3 heterocycles. The van der Waals surface area contributed by atoms with Gasteiger partial charge in [-0.25, -0.2) is 4.98 Å². The average molecular weight is 372 g/mol. The minimum atomic E-state index is -0.195.